The summed E-state index contributed by atoms with van der Waals surface area (Å²) in [6, 6.07) is 5.51. The number of imidazole rings is 1. The van der Waals surface area contributed by atoms with Crippen LogP contribution in [0.4, 0.5) is 5.95 Å². The van der Waals surface area contributed by atoms with Gasteiger partial charge < -0.3 is 0 Å². The lowest BCUT2D eigenvalue weighted by atomic mass is 9.90. The first-order chi connectivity index (χ1) is 13.2. The number of benzene rings is 1. The quantitative estimate of drug-likeness (QED) is 0.577. The molecule has 0 saturated heterocycles. The molecule has 0 bridgehead atoms. The lowest BCUT2D eigenvalue weighted by molar-refractivity contribution is 0.378. The fraction of sp³-hybridized carbons (Fsp3) is 0.368. The van der Waals surface area contributed by atoms with E-state index in [9.17, 15) is 9.59 Å². The summed E-state index contributed by atoms with van der Waals surface area (Å²) in [4.78, 5) is 37.0. The second-order valence-corrected chi connectivity index (χ2v) is 8.61. The molecule has 0 spiro atoms. The van der Waals surface area contributed by atoms with Gasteiger partial charge >= 0.3 is 5.69 Å². The minimum atomic E-state index is -0.405. The molecule has 8 nitrogen and oxygen atoms in total. The SMILES string of the molecule is Cn1c(=O)c2c(nc3n2-c2ccc(Cl)cc2C2=NCC(C)(C)CN23)n(C)c1=O. The largest absolute Gasteiger partial charge is 0.332 e. The van der Waals surface area contributed by atoms with Crippen molar-refractivity contribution in [2.75, 3.05) is 18.0 Å². The number of amidine groups is 1. The van der Waals surface area contributed by atoms with Gasteiger partial charge in [-0.2, -0.15) is 4.98 Å². The number of aliphatic imine (C=N–C) groups is 1. The van der Waals surface area contributed by atoms with Crippen molar-refractivity contribution >= 4 is 34.5 Å². The standard InChI is InChI=1S/C19H19ClN6O2/c1-19(2)8-21-14-11-7-10(20)5-6-12(11)26-13-15(22-17(26)25(14)9-19)23(3)18(28)24(4)16(13)27/h5-7H,8-9H2,1-4H3. The number of fused-ring (bicyclic) bond motifs is 8. The molecule has 2 aliphatic heterocycles. The van der Waals surface area contributed by atoms with Crippen molar-refractivity contribution in [3.8, 4) is 5.69 Å². The molecule has 1 aromatic carbocycles. The zero-order chi connectivity index (χ0) is 20.0. The number of hydrogen-bond donors (Lipinski definition) is 0. The maximum absolute atomic E-state index is 13.0. The van der Waals surface area contributed by atoms with Crippen LogP contribution in [-0.4, -0.2) is 37.6 Å². The van der Waals surface area contributed by atoms with Crippen LogP contribution < -0.4 is 16.1 Å². The van der Waals surface area contributed by atoms with E-state index in [0.717, 1.165) is 21.7 Å². The second-order valence-electron chi connectivity index (χ2n) is 8.18. The van der Waals surface area contributed by atoms with Crippen LogP contribution in [0, 0.1) is 5.41 Å². The summed E-state index contributed by atoms with van der Waals surface area (Å²) < 4.78 is 4.34. The molecule has 0 atom stereocenters. The number of aryl methyl sites for hydroxylation is 1. The van der Waals surface area contributed by atoms with Gasteiger partial charge in [0.2, 0.25) is 5.95 Å². The van der Waals surface area contributed by atoms with Gasteiger partial charge in [0.1, 0.15) is 5.84 Å². The van der Waals surface area contributed by atoms with E-state index in [1.165, 1.54) is 11.6 Å². The van der Waals surface area contributed by atoms with Crippen molar-refractivity contribution in [2.45, 2.75) is 13.8 Å². The third-order valence-corrected chi connectivity index (χ3v) is 5.66. The molecule has 0 unspecified atom stereocenters. The summed E-state index contributed by atoms with van der Waals surface area (Å²) in [5.74, 6) is 1.39. The molecule has 144 valence electrons. The summed E-state index contributed by atoms with van der Waals surface area (Å²) in [5, 5.41) is 0.597. The van der Waals surface area contributed by atoms with Crippen molar-refractivity contribution in [1.29, 1.82) is 0 Å². The van der Waals surface area contributed by atoms with Crippen LogP contribution in [0.5, 0.6) is 0 Å². The normalized spacial score (nSPS) is 17.2. The molecule has 28 heavy (non-hydrogen) atoms. The predicted molar refractivity (Wildman–Crippen MR) is 109 cm³/mol. The molecule has 3 aromatic rings. The van der Waals surface area contributed by atoms with Gasteiger partial charge in [-0.3, -0.25) is 28.4 Å². The first-order valence-electron chi connectivity index (χ1n) is 9.00. The number of hydrogen-bond acceptors (Lipinski definition) is 5. The van der Waals surface area contributed by atoms with E-state index >= 15 is 0 Å². The monoisotopic (exact) mass is 398 g/mol. The van der Waals surface area contributed by atoms with Crippen molar-refractivity contribution in [3.63, 3.8) is 0 Å². The van der Waals surface area contributed by atoms with E-state index in [4.69, 9.17) is 21.6 Å². The van der Waals surface area contributed by atoms with Crippen molar-refractivity contribution in [1.82, 2.24) is 18.7 Å². The highest BCUT2D eigenvalue weighted by Crippen LogP contribution is 2.38. The number of halogens is 1. The number of anilines is 1. The van der Waals surface area contributed by atoms with Gasteiger partial charge in [0.25, 0.3) is 5.56 Å². The Balaban J connectivity index is 1.98. The van der Waals surface area contributed by atoms with E-state index in [0.29, 0.717) is 35.2 Å². The molecule has 2 aromatic heterocycles. The van der Waals surface area contributed by atoms with Crippen molar-refractivity contribution in [2.24, 2.45) is 24.5 Å². The van der Waals surface area contributed by atoms with Crippen molar-refractivity contribution in [3.05, 3.63) is 49.6 Å². The Morgan fingerprint density at radius 3 is 2.64 bits per heavy atom. The van der Waals surface area contributed by atoms with Gasteiger partial charge in [0.15, 0.2) is 11.2 Å². The highest BCUT2D eigenvalue weighted by atomic mass is 35.5. The van der Waals surface area contributed by atoms with Gasteiger partial charge in [-0.05, 0) is 18.2 Å². The van der Waals surface area contributed by atoms with Crippen LogP contribution in [0.1, 0.15) is 19.4 Å². The van der Waals surface area contributed by atoms with Gasteiger partial charge in [-0.15, -0.1) is 0 Å². The first kappa shape index (κ1) is 17.2. The van der Waals surface area contributed by atoms with Crippen LogP contribution in [0.25, 0.3) is 16.9 Å². The zero-order valence-corrected chi connectivity index (χ0v) is 16.8. The molecule has 5 rings (SSSR count). The van der Waals surface area contributed by atoms with E-state index < -0.39 is 5.69 Å². The summed E-state index contributed by atoms with van der Waals surface area (Å²) in [5.41, 5.74) is 1.52. The predicted octanol–water partition coefficient (Wildman–Crippen LogP) is 1.68. The Morgan fingerprint density at radius 1 is 1.14 bits per heavy atom. The lowest BCUT2D eigenvalue weighted by Gasteiger charge is -2.40. The first-order valence-corrected chi connectivity index (χ1v) is 9.38. The molecule has 0 amide bonds. The smallest absolute Gasteiger partial charge is 0.295 e. The van der Waals surface area contributed by atoms with Gasteiger partial charge in [0.05, 0.1) is 5.69 Å². The molecule has 0 radical (unpaired) electrons. The van der Waals surface area contributed by atoms with Crippen LogP contribution in [0.15, 0.2) is 32.8 Å². The molecular weight excluding hydrogens is 380 g/mol. The Kier molecular flexibility index (Phi) is 3.29. The van der Waals surface area contributed by atoms with Gasteiger partial charge in [0, 0.05) is 43.2 Å². The van der Waals surface area contributed by atoms with E-state index in [1.54, 1.807) is 13.1 Å². The van der Waals surface area contributed by atoms with Crippen LogP contribution in [0.2, 0.25) is 5.02 Å². The minimum absolute atomic E-state index is 0.0562. The summed E-state index contributed by atoms with van der Waals surface area (Å²) in [6.07, 6.45) is 0. The number of aromatic nitrogens is 4. The maximum Gasteiger partial charge on any atom is 0.332 e. The molecule has 0 saturated carbocycles. The fourth-order valence-corrected chi connectivity index (χ4v) is 4.17. The number of rotatable bonds is 0. The molecular formula is C19H19ClN6O2. The van der Waals surface area contributed by atoms with Gasteiger partial charge in [-0.25, -0.2) is 4.79 Å². The molecule has 4 heterocycles. The van der Waals surface area contributed by atoms with E-state index in [-0.39, 0.29) is 11.0 Å². The fourth-order valence-electron chi connectivity index (χ4n) is 4.00. The van der Waals surface area contributed by atoms with Crippen molar-refractivity contribution < 1.29 is 0 Å². The lowest BCUT2D eigenvalue weighted by Crippen LogP contribution is -2.48. The Bertz CT molecular complexity index is 1330. The summed E-state index contributed by atoms with van der Waals surface area (Å²) in [7, 11) is 3.10. The van der Waals surface area contributed by atoms with Crippen LogP contribution in [0.3, 0.4) is 0 Å². The highest BCUT2D eigenvalue weighted by molar-refractivity contribution is 6.31. The van der Waals surface area contributed by atoms with E-state index in [1.807, 2.05) is 21.6 Å². The second kappa shape index (κ2) is 5.35. The number of nitrogens with zero attached hydrogens (tertiary/aromatic N) is 6. The Labute approximate surface area is 165 Å². The highest BCUT2D eigenvalue weighted by Gasteiger charge is 2.38. The van der Waals surface area contributed by atoms with E-state index in [2.05, 4.69) is 13.8 Å². The Morgan fingerprint density at radius 2 is 1.89 bits per heavy atom. The topological polar surface area (TPSA) is 77.4 Å². The molecule has 0 fully saturated rings. The van der Waals surface area contributed by atoms with Crippen LogP contribution in [-0.2, 0) is 14.1 Å². The molecule has 9 heteroatoms. The third kappa shape index (κ3) is 2.12. The maximum atomic E-state index is 13.0. The average molecular weight is 399 g/mol. The molecule has 0 N–H and O–H groups in total. The summed E-state index contributed by atoms with van der Waals surface area (Å²) >= 11 is 6.28. The molecule has 0 aliphatic carbocycles. The Hall–Kier alpha value is -2.87. The minimum Gasteiger partial charge on any atom is -0.295 e. The van der Waals surface area contributed by atoms with Gasteiger partial charge in [-0.1, -0.05) is 25.4 Å². The summed E-state index contributed by atoms with van der Waals surface area (Å²) in [6.45, 7) is 5.66. The third-order valence-electron chi connectivity index (χ3n) is 5.42. The van der Waals surface area contributed by atoms with Crippen LogP contribution >= 0.6 is 11.6 Å². The zero-order valence-electron chi connectivity index (χ0n) is 16.0. The molecule has 2 aliphatic rings. The average Bonchev–Trinajstić information content (AvgIpc) is 3.05.